The Morgan fingerprint density at radius 1 is 1.47 bits per heavy atom. The van der Waals surface area contributed by atoms with E-state index in [1.165, 1.54) is 12.8 Å². The Kier molecular flexibility index (Phi) is 4.79. The Morgan fingerprint density at radius 3 is 2.88 bits per heavy atom. The fourth-order valence-electron chi connectivity index (χ4n) is 2.51. The van der Waals surface area contributed by atoms with Gasteiger partial charge in [0.25, 0.3) is 0 Å². The van der Waals surface area contributed by atoms with Crippen LogP contribution in [0.25, 0.3) is 0 Å². The second kappa shape index (κ2) is 6.14. The number of hydrogen-bond acceptors (Lipinski definition) is 4. The predicted molar refractivity (Wildman–Crippen MR) is 68.3 cm³/mol. The SMILES string of the molecule is CN(CCOC1(C)CNC1)CC1CCCOC1. The Bertz CT molecular complexity index is 225. The average Bonchev–Trinajstić information content (AvgIpc) is 2.28. The van der Waals surface area contributed by atoms with Crippen LogP contribution in [0, 0.1) is 5.92 Å². The topological polar surface area (TPSA) is 33.7 Å². The molecule has 0 amide bonds. The first-order chi connectivity index (χ1) is 8.18. The van der Waals surface area contributed by atoms with Crippen LogP contribution >= 0.6 is 0 Å². The standard InChI is InChI=1S/C13H26N2O2/c1-13(10-14-11-13)17-7-5-15(2)8-12-4-3-6-16-9-12/h12,14H,3-11H2,1-2H3. The van der Waals surface area contributed by atoms with Gasteiger partial charge in [-0.1, -0.05) is 0 Å². The smallest absolute Gasteiger partial charge is 0.0902 e. The second-order valence-electron chi connectivity index (χ2n) is 5.75. The lowest BCUT2D eigenvalue weighted by atomic mass is 10.0. The number of ether oxygens (including phenoxy) is 2. The van der Waals surface area contributed by atoms with E-state index in [-0.39, 0.29) is 5.60 Å². The van der Waals surface area contributed by atoms with Crippen molar-refractivity contribution in [2.24, 2.45) is 5.92 Å². The fourth-order valence-corrected chi connectivity index (χ4v) is 2.51. The Balaban J connectivity index is 1.55. The molecule has 0 bridgehead atoms. The molecule has 2 aliphatic rings. The summed E-state index contributed by atoms with van der Waals surface area (Å²) in [7, 11) is 2.18. The molecule has 0 saturated carbocycles. The summed E-state index contributed by atoms with van der Waals surface area (Å²) in [5.41, 5.74) is 0.0921. The molecule has 4 nitrogen and oxygen atoms in total. The minimum Gasteiger partial charge on any atom is -0.381 e. The van der Waals surface area contributed by atoms with Crippen molar-refractivity contribution in [2.75, 3.05) is 53.0 Å². The zero-order chi connectivity index (χ0) is 12.1. The summed E-state index contributed by atoms with van der Waals surface area (Å²) < 4.78 is 11.4. The van der Waals surface area contributed by atoms with Crippen LogP contribution in [0.1, 0.15) is 19.8 Å². The van der Waals surface area contributed by atoms with Gasteiger partial charge in [0.2, 0.25) is 0 Å². The van der Waals surface area contributed by atoms with Crippen LogP contribution in [0.5, 0.6) is 0 Å². The molecule has 2 saturated heterocycles. The number of likely N-dealkylation sites (N-methyl/N-ethyl adjacent to an activating group) is 1. The molecule has 2 heterocycles. The van der Waals surface area contributed by atoms with Crippen LogP contribution < -0.4 is 5.32 Å². The zero-order valence-electron chi connectivity index (χ0n) is 11.2. The maximum absolute atomic E-state index is 5.89. The van der Waals surface area contributed by atoms with Crippen LogP contribution in [0.3, 0.4) is 0 Å². The summed E-state index contributed by atoms with van der Waals surface area (Å²) in [5, 5.41) is 3.25. The number of nitrogens with one attached hydrogen (secondary N) is 1. The van der Waals surface area contributed by atoms with Crippen molar-refractivity contribution < 1.29 is 9.47 Å². The number of hydrogen-bond donors (Lipinski definition) is 1. The van der Waals surface area contributed by atoms with Gasteiger partial charge < -0.3 is 19.7 Å². The summed E-state index contributed by atoms with van der Waals surface area (Å²) in [6.45, 7) is 9.05. The molecule has 1 N–H and O–H groups in total. The summed E-state index contributed by atoms with van der Waals surface area (Å²) >= 11 is 0. The minimum atomic E-state index is 0.0921. The molecule has 0 aliphatic carbocycles. The highest BCUT2D eigenvalue weighted by atomic mass is 16.5. The molecule has 2 aliphatic heterocycles. The van der Waals surface area contributed by atoms with E-state index in [9.17, 15) is 0 Å². The summed E-state index contributed by atoms with van der Waals surface area (Å²) in [5.74, 6) is 0.717. The third kappa shape index (κ3) is 4.21. The van der Waals surface area contributed by atoms with Crippen molar-refractivity contribution in [2.45, 2.75) is 25.4 Å². The zero-order valence-corrected chi connectivity index (χ0v) is 11.2. The van der Waals surface area contributed by atoms with Crippen LogP contribution in [-0.4, -0.2) is 63.5 Å². The molecule has 0 radical (unpaired) electrons. The third-order valence-corrected chi connectivity index (χ3v) is 3.75. The van der Waals surface area contributed by atoms with Gasteiger partial charge in [0.05, 0.1) is 18.8 Å². The molecule has 0 spiro atoms. The van der Waals surface area contributed by atoms with Crippen molar-refractivity contribution in [3.8, 4) is 0 Å². The normalized spacial score (nSPS) is 28.1. The highest BCUT2D eigenvalue weighted by Gasteiger charge is 2.32. The van der Waals surface area contributed by atoms with Gasteiger partial charge in [-0.3, -0.25) is 0 Å². The van der Waals surface area contributed by atoms with E-state index >= 15 is 0 Å². The molecular formula is C13H26N2O2. The first-order valence-electron chi connectivity index (χ1n) is 6.79. The lowest BCUT2D eigenvalue weighted by Crippen LogP contribution is -2.59. The molecule has 0 aromatic carbocycles. The van der Waals surface area contributed by atoms with E-state index in [2.05, 4.69) is 24.2 Å². The quantitative estimate of drug-likeness (QED) is 0.744. The monoisotopic (exact) mass is 242 g/mol. The molecule has 2 fully saturated rings. The largest absolute Gasteiger partial charge is 0.381 e. The Labute approximate surface area is 105 Å². The molecule has 0 aromatic rings. The molecule has 2 rings (SSSR count). The second-order valence-corrected chi connectivity index (χ2v) is 5.75. The molecule has 0 aromatic heterocycles. The molecule has 1 unspecified atom stereocenters. The van der Waals surface area contributed by atoms with Crippen molar-refractivity contribution in [1.82, 2.24) is 10.2 Å². The Hall–Kier alpha value is -0.160. The van der Waals surface area contributed by atoms with Gasteiger partial charge in [0, 0.05) is 32.8 Å². The van der Waals surface area contributed by atoms with Crippen LogP contribution in [-0.2, 0) is 9.47 Å². The first kappa shape index (κ1) is 13.3. The summed E-state index contributed by atoms with van der Waals surface area (Å²) in [6, 6.07) is 0. The number of rotatable bonds is 6. The van der Waals surface area contributed by atoms with Crippen molar-refractivity contribution in [1.29, 1.82) is 0 Å². The van der Waals surface area contributed by atoms with Gasteiger partial charge in [-0.2, -0.15) is 0 Å². The van der Waals surface area contributed by atoms with Gasteiger partial charge in [-0.25, -0.2) is 0 Å². The van der Waals surface area contributed by atoms with Crippen LogP contribution in [0.2, 0.25) is 0 Å². The lowest BCUT2D eigenvalue weighted by Gasteiger charge is -2.39. The van der Waals surface area contributed by atoms with Gasteiger partial charge in [0.1, 0.15) is 0 Å². The van der Waals surface area contributed by atoms with Crippen molar-refractivity contribution in [3.05, 3.63) is 0 Å². The highest BCUT2D eigenvalue weighted by molar-refractivity contribution is 4.90. The average molecular weight is 242 g/mol. The maximum Gasteiger partial charge on any atom is 0.0902 e. The minimum absolute atomic E-state index is 0.0921. The van der Waals surface area contributed by atoms with E-state index in [0.29, 0.717) is 0 Å². The van der Waals surface area contributed by atoms with Gasteiger partial charge >= 0.3 is 0 Å². The fraction of sp³-hybridized carbons (Fsp3) is 1.00. The summed E-state index contributed by atoms with van der Waals surface area (Å²) in [6.07, 6.45) is 2.53. The van der Waals surface area contributed by atoms with E-state index in [0.717, 1.165) is 51.9 Å². The van der Waals surface area contributed by atoms with Gasteiger partial charge in [-0.15, -0.1) is 0 Å². The number of nitrogens with zero attached hydrogens (tertiary/aromatic N) is 1. The third-order valence-electron chi connectivity index (χ3n) is 3.75. The van der Waals surface area contributed by atoms with E-state index in [1.54, 1.807) is 0 Å². The maximum atomic E-state index is 5.89. The van der Waals surface area contributed by atoms with E-state index in [4.69, 9.17) is 9.47 Å². The van der Waals surface area contributed by atoms with Gasteiger partial charge in [-0.05, 0) is 32.7 Å². The van der Waals surface area contributed by atoms with Crippen molar-refractivity contribution >= 4 is 0 Å². The van der Waals surface area contributed by atoms with Crippen LogP contribution in [0.15, 0.2) is 0 Å². The van der Waals surface area contributed by atoms with Crippen LogP contribution in [0.4, 0.5) is 0 Å². The van der Waals surface area contributed by atoms with Crippen molar-refractivity contribution in [3.63, 3.8) is 0 Å². The van der Waals surface area contributed by atoms with Gasteiger partial charge in [0.15, 0.2) is 0 Å². The first-order valence-corrected chi connectivity index (χ1v) is 6.79. The van der Waals surface area contributed by atoms with E-state index in [1.807, 2.05) is 0 Å². The summed E-state index contributed by atoms with van der Waals surface area (Å²) in [4.78, 5) is 2.37. The molecule has 4 heteroatoms. The van der Waals surface area contributed by atoms with E-state index < -0.39 is 0 Å². The molecule has 100 valence electrons. The molecular weight excluding hydrogens is 216 g/mol. The lowest BCUT2D eigenvalue weighted by molar-refractivity contribution is -0.0723. The molecule has 1 atom stereocenters. The highest BCUT2D eigenvalue weighted by Crippen LogP contribution is 2.16. The molecule has 17 heavy (non-hydrogen) atoms. The Morgan fingerprint density at radius 2 is 2.29 bits per heavy atom. The predicted octanol–water partition coefficient (Wildman–Crippen LogP) is 0.723.